The van der Waals surface area contributed by atoms with Crippen molar-refractivity contribution in [3.8, 4) is 11.5 Å². The predicted octanol–water partition coefficient (Wildman–Crippen LogP) is 2.78. The lowest BCUT2D eigenvalue weighted by molar-refractivity contribution is 0.174. The minimum absolute atomic E-state index is 0.244. The molecule has 1 aromatic carbocycles. The molecule has 1 aliphatic heterocycles. The van der Waals surface area contributed by atoms with Gasteiger partial charge in [-0.05, 0) is 36.2 Å². The average Bonchev–Trinajstić information content (AvgIpc) is 2.82. The van der Waals surface area contributed by atoms with E-state index in [1.54, 1.807) is 0 Å². The lowest BCUT2D eigenvalue weighted by atomic mass is 10.2. The number of anilines is 1. The van der Waals surface area contributed by atoms with Gasteiger partial charge < -0.3 is 14.8 Å². The molecular formula is C13H12ClN3O2. The standard InChI is InChI=1S/C13H12ClN3O2/c1-8-4-12(17-13(14)16-8)15-6-9-2-3-10-11(5-9)19-7-18-10/h2-5H,6-7H2,1H3,(H,15,16,17). The summed E-state index contributed by atoms with van der Waals surface area (Å²) in [5.74, 6) is 2.26. The van der Waals surface area contributed by atoms with Crippen molar-refractivity contribution in [3.63, 3.8) is 0 Å². The number of aryl methyl sites for hydroxylation is 1. The monoisotopic (exact) mass is 277 g/mol. The first kappa shape index (κ1) is 12.0. The van der Waals surface area contributed by atoms with Crippen LogP contribution < -0.4 is 14.8 Å². The van der Waals surface area contributed by atoms with E-state index in [9.17, 15) is 0 Å². The van der Waals surface area contributed by atoms with E-state index in [4.69, 9.17) is 21.1 Å². The lowest BCUT2D eigenvalue weighted by Crippen LogP contribution is -2.02. The second kappa shape index (κ2) is 4.93. The van der Waals surface area contributed by atoms with Crippen LogP contribution in [0.25, 0.3) is 0 Å². The fourth-order valence-corrected chi connectivity index (χ4v) is 2.09. The van der Waals surface area contributed by atoms with Crippen LogP contribution >= 0.6 is 11.6 Å². The van der Waals surface area contributed by atoms with Crippen LogP contribution in [0.1, 0.15) is 11.3 Å². The van der Waals surface area contributed by atoms with Gasteiger partial charge in [-0.2, -0.15) is 0 Å². The number of hydrogen-bond donors (Lipinski definition) is 1. The number of ether oxygens (including phenoxy) is 2. The molecule has 2 aromatic rings. The normalized spacial score (nSPS) is 12.5. The summed E-state index contributed by atoms with van der Waals surface area (Å²) in [7, 11) is 0. The van der Waals surface area contributed by atoms with Gasteiger partial charge in [0.25, 0.3) is 0 Å². The van der Waals surface area contributed by atoms with Gasteiger partial charge in [0, 0.05) is 18.3 Å². The molecule has 0 amide bonds. The molecule has 0 saturated carbocycles. The second-order valence-electron chi connectivity index (χ2n) is 4.20. The van der Waals surface area contributed by atoms with Crippen LogP contribution in [0.15, 0.2) is 24.3 Å². The Labute approximate surface area is 115 Å². The van der Waals surface area contributed by atoms with Crippen LogP contribution in [0.5, 0.6) is 11.5 Å². The van der Waals surface area contributed by atoms with E-state index in [1.165, 1.54) is 0 Å². The Morgan fingerprint density at radius 2 is 2.05 bits per heavy atom. The third-order valence-corrected chi connectivity index (χ3v) is 2.91. The Morgan fingerprint density at radius 1 is 1.21 bits per heavy atom. The van der Waals surface area contributed by atoms with E-state index < -0.39 is 0 Å². The van der Waals surface area contributed by atoms with Crippen LogP contribution in [-0.2, 0) is 6.54 Å². The molecular weight excluding hydrogens is 266 g/mol. The van der Waals surface area contributed by atoms with E-state index in [2.05, 4.69) is 15.3 Å². The molecule has 5 nitrogen and oxygen atoms in total. The summed E-state index contributed by atoms with van der Waals surface area (Å²) in [6, 6.07) is 7.68. The molecule has 0 fully saturated rings. The number of rotatable bonds is 3. The van der Waals surface area contributed by atoms with E-state index >= 15 is 0 Å². The number of hydrogen-bond acceptors (Lipinski definition) is 5. The maximum Gasteiger partial charge on any atom is 0.231 e. The number of nitrogens with one attached hydrogen (secondary N) is 1. The van der Waals surface area contributed by atoms with Gasteiger partial charge in [-0.1, -0.05) is 6.07 Å². The predicted molar refractivity (Wildman–Crippen MR) is 71.7 cm³/mol. The summed E-state index contributed by atoms with van der Waals surface area (Å²) in [5.41, 5.74) is 1.91. The van der Waals surface area contributed by atoms with Gasteiger partial charge in [0.15, 0.2) is 11.5 Å². The number of benzene rings is 1. The maximum atomic E-state index is 5.81. The van der Waals surface area contributed by atoms with Crippen molar-refractivity contribution in [2.45, 2.75) is 13.5 Å². The summed E-state index contributed by atoms with van der Waals surface area (Å²) < 4.78 is 10.6. The van der Waals surface area contributed by atoms with Crippen LogP contribution in [0.2, 0.25) is 5.28 Å². The first-order chi connectivity index (χ1) is 9.20. The zero-order valence-corrected chi connectivity index (χ0v) is 11.1. The molecule has 1 N–H and O–H groups in total. The fourth-order valence-electron chi connectivity index (χ4n) is 1.87. The summed E-state index contributed by atoms with van der Waals surface area (Å²) in [5, 5.41) is 3.45. The highest BCUT2D eigenvalue weighted by Crippen LogP contribution is 2.32. The van der Waals surface area contributed by atoms with Gasteiger partial charge in [-0.3, -0.25) is 0 Å². The van der Waals surface area contributed by atoms with Gasteiger partial charge in [0.2, 0.25) is 12.1 Å². The van der Waals surface area contributed by atoms with Crippen molar-refractivity contribution in [1.82, 2.24) is 9.97 Å². The van der Waals surface area contributed by atoms with Crippen LogP contribution in [0.4, 0.5) is 5.82 Å². The molecule has 6 heteroatoms. The molecule has 19 heavy (non-hydrogen) atoms. The molecule has 1 aromatic heterocycles. The fraction of sp³-hybridized carbons (Fsp3) is 0.231. The van der Waals surface area contributed by atoms with Gasteiger partial charge in [0.1, 0.15) is 5.82 Å². The largest absolute Gasteiger partial charge is 0.454 e. The quantitative estimate of drug-likeness (QED) is 0.874. The zero-order chi connectivity index (χ0) is 13.2. The third kappa shape index (κ3) is 2.71. The molecule has 0 aliphatic carbocycles. The van der Waals surface area contributed by atoms with E-state index in [1.807, 2.05) is 31.2 Å². The van der Waals surface area contributed by atoms with Gasteiger partial charge in [-0.25, -0.2) is 9.97 Å². The van der Waals surface area contributed by atoms with Crippen molar-refractivity contribution in [2.24, 2.45) is 0 Å². The minimum Gasteiger partial charge on any atom is -0.454 e. The van der Waals surface area contributed by atoms with Crippen molar-refractivity contribution in [1.29, 1.82) is 0 Å². The van der Waals surface area contributed by atoms with Gasteiger partial charge in [0.05, 0.1) is 0 Å². The molecule has 2 heterocycles. The summed E-state index contributed by atoms with van der Waals surface area (Å²) in [6.45, 7) is 2.79. The molecule has 0 saturated heterocycles. The van der Waals surface area contributed by atoms with E-state index in [-0.39, 0.29) is 12.1 Å². The number of nitrogens with zero attached hydrogens (tertiary/aromatic N) is 2. The van der Waals surface area contributed by atoms with Crippen LogP contribution in [-0.4, -0.2) is 16.8 Å². The first-order valence-electron chi connectivity index (χ1n) is 5.84. The highest BCUT2D eigenvalue weighted by Gasteiger charge is 2.13. The van der Waals surface area contributed by atoms with Crippen molar-refractivity contribution < 1.29 is 9.47 Å². The zero-order valence-electron chi connectivity index (χ0n) is 10.3. The van der Waals surface area contributed by atoms with Gasteiger partial charge in [-0.15, -0.1) is 0 Å². The molecule has 3 rings (SSSR count). The molecule has 1 aliphatic rings. The molecule has 0 atom stereocenters. The molecule has 0 unspecified atom stereocenters. The number of fused-ring (bicyclic) bond motifs is 1. The minimum atomic E-state index is 0.244. The van der Waals surface area contributed by atoms with E-state index in [0.29, 0.717) is 12.4 Å². The van der Waals surface area contributed by atoms with Crippen LogP contribution in [0.3, 0.4) is 0 Å². The second-order valence-corrected chi connectivity index (χ2v) is 4.54. The van der Waals surface area contributed by atoms with Crippen molar-refractivity contribution in [2.75, 3.05) is 12.1 Å². The lowest BCUT2D eigenvalue weighted by Gasteiger charge is -2.07. The molecule has 0 spiro atoms. The highest BCUT2D eigenvalue weighted by atomic mass is 35.5. The Morgan fingerprint density at radius 3 is 2.89 bits per heavy atom. The maximum absolute atomic E-state index is 5.81. The highest BCUT2D eigenvalue weighted by molar-refractivity contribution is 6.28. The number of aromatic nitrogens is 2. The Bertz CT molecular complexity index is 599. The smallest absolute Gasteiger partial charge is 0.231 e. The summed E-state index contributed by atoms with van der Waals surface area (Å²) >= 11 is 5.81. The Balaban J connectivity index is 1.72. The Hall–Kier alpha value is -2.01. The molecule has 98 valence electrons. The first-order valence-corrected chi connectivity index (χ1v) is 6.22. The van der Waals surface area contributed by atoms with Crippen LogP contribution in [0, 0.1) is 6.92 Å². The topological polar surface area (TPSA) is 56.3 Å². The SMILES string of the molecule is Cc1cc(NCc2ccc3c(c2)OCO3)nc(Cl)n1. The van der Waals surface area contributed by atoms with Crippen molar-refractivity contribution >= 4 is 17.4 Å². The molecule has 0 radical (unpaired) electrons. The average molecular weight is 278 g/mol. The summed E-state index contributed by atoms with van der Waals surface area (Å²) in [6.07, 6.45) is 0. The number of halogens is 1. The van der Waals surface area contributed by atoms with Gasteiger partial charge >= 0.3 is 0 Å². The van der Waals surface area contributed by atoms with E-state index in [0.717, 1.165) is 22.8 Å². The third-order valence-electron chi connectivity index (χ3n) is 2.74. The Kier molecular flexibility index (Phi) is 3.13. The van der Waals surface area contributed by atoms with Crippen molar-refractivity contribution in [3.05, 3.63) is 40.8 Å². The molecule has 0 bridgehead atoms. The summed E-state index contributed by atoms with van der Waals surface area (Å²) in [4.78, 5) is 8.12.